The van der Waals surface area contributed by atoms with Gasteiger partial charge >= 0.3 is 0 Å². The molecule has 0 amide bonds. The second kappa shape index (κ2) is 9.56. The van der Waals surface area contributed by atoms with E-state index in [1.165, 1.54) is 70.3 Å². The molecule has 0 aliphatic heterocycles. The number of hydrogen-bond acceptors (Lipinski definition) is 3. The first-order chi connectivity index (χ1) is 24.3. The summed E-state index contributed by atoms with van der Waals surface area (Å²) in [4.78, 5) is 12.5. The van der Waals surface area contributed by atoms with Gasteiger partial charge in [0.1, 0.15) is 0 Å². The number of rotatable bonds is 2. The van der Waals surface area contributed by atoms with Gasteiger partial charge in [-0.15, -0.1) is 11.3 Å². The molecule has 238 valence electrons. The van der Waals surface area contributed by atoms with Crippen molar-refractivity contribution in [2.75, 3.05) is 0 Å². The smallest absolute Gasteiger partial charge is 0.235 e. The molecule has 0 N–H and O–H groups in total. The van der Waals surface area contributed by atoms with Gasteiger partial charge in [0.25, 0.3) is 0 Å². The molecule has 0 radical (unpaired) electrons. The van der Waals surface area contributed by atoms with Gasteiger partial charge in [0.05, 0.1) is 27.1 Å². The molecule has 3 aromatic heterocycles. The van der Waals surface area contributed by atoms with Gasteiger partial charge in [-0.3, -0.25) is 4.57 Å². The number of hydrogen-bond donors (Lipinski definition) is 0. The van der Waals surface area contributed by atoms with E-state index < -0.39 is 0 Å². The Bertz CT molecular complexity index is 2920. The molecule has 0 atom stereocenters. The van der Waals surface area contributed by atoms with E-state index in [0.717, 1.165) is 27.5 Å². The Kier molecular flexibility index (Phi) is 5.40. The maximum Gasteiger partial charge on any atom is 0.235 e. The van der Waals surface area contributed by atoms with Crippen LogP contribution in [-0.2, 0) is 10.8 Å². The van der Waals surface area contributed by atoms with Crippen LogP contribution in [-0.4, -0.2) is 14.5 Å². The minimum absolute atomic E-state index is 0.0945. The zero-order valence-electron chi connectivity index (χ0n) is 28.4. The van der Waals surface area contributed by atoms with E-state index in [-0.39, 0.29) is 10.8 Å². The highest BCUT2D eigenvalue weighted by Gasteiger charge is 2.43. The quantitative estimate of drug-likeness (QED) is 0.173. The summed E-state index contributed by atoms with van der Waals surface area (Å²) in [5.74, 6) is 0.715. The van der Waals surface area contributed by atoms with Crippen molar-refractivity contribution < 1.29 is 0 Å². The molecule has 0 fully saturated rings. The fraction of sp³-hybridized carbons (Fsp3) is 0.130. The molecule has 2 aliphatic rings. The predicted molar refractivity (Wildman–Crippen MR) is 210 cm³/mol. The normalized spacial score (nSPS) is 15.1. The number of fused-ring (bicyclic) bond motifs is 14. The van der Waals surface area contributed by atoms with Crippen LogP contribution >= 0.6 is 11.3 Å². The van der Waals surface area contributed by atoms with Crippen LogP contribution in [0, 0.1) is 0 Å². The maximum atomic E-state index is 5.57. The first kappa shape index (κ1) is 28.3. The van der Waals surface area contributed by atoms with Gasteiger partial charge in [-0.25, -0.2) is 9.97 Å². The Balaban J connectivity index is 1.35. The molecular formula is C46H33N3S. The Morgan fingerprint density at radius 2 is 1.18 bits per heavy atom. The van der Waals surface area contributed by atoms with Crippen LogP contribution in [0.3, 0.4) is 0 Å². The second-order valence-corrected chi connectivity index (χ2v) is 16.0. The number of benzene rings is 6. The van der Waals surface area contributed by atoms with Crippen LogP contribution < -0.4 is 0 Å². The highest BCUT2D eigenvalue weighted by Crippen LogP contribution is 2.59. The number of nitrogens with zero attached hydrogens (tertiary/aromatic N) is 3. The molecule has 11 rings (SSSR count). The van der Waals surface area contributed by atoms with Crippen molar-refractivity contribution in [1.82, 2.24) is 14.5 Å². The third-order valence-electron chi connectivity index (χ3n) is 11.6. The minimum Gasteiger partial charge on any atom is -0.276 e. The van der Waals surface area contributed by atoms with Gasteiger partial charge in [0, 0.05) is 43.0 Å². The molecule has 0 spiro atoms. The summed E-state index contributed by atoms with van der Waals surface area (Å²) in [6.07, 6.45) is 0. The standard InChI is InChI=1S/C46H33N3S/c1-45(2)34-20-12-10-18-29(34)40-36(45)31-24-25-32-37-42(30-19-11-13-21-35(30)46(37,3)4)50-43(32)41(31)49(40)44-47-38(27-15-6-5-7-16-27)33-23-22-26-14-8-9-17-28(26)39(33)48-44/h5-25H,1-4H3. The van der Waals surface area contributed by atoms with Crippen LogP contribution in [0.2, 0.25) is 0 Å². The molecule has 3 nitrogen and oxygen atoms in total. The van der Waals surface area contributed by atoms with Crippen LogP contribution in [0.15, 0.2) is 127 Å². The van der Waals surface area contributed by atoms with Gasteiger partial charge in [-0.05, 0) is 44.7 Å². The molecule has 0 bridgehead atoms. The first-order valence-electron chi connectivity index (χ1n) is 17.4. The highest BCUT2D eigenvalue weighted by atomic mass is 32.1. The molecule has 0 saturated carbocycles. The summed E-state index contributed by atoms with van der Waals surface area (Å²) in [6, 6.07) is 46.3. The van der Waals surface area contributed by atoms with Gasteiger partial charge < -0.3 is 0 Å². The van der Waals surface area contributed by atoms with Crippen molar-refractivity contribution in [3.05, 3.63) is 150 Å². The molecule has 3 heterocycles. The molecule has 0 unspecified atom stereocenters. The monoisotopic (exact) mass is 659 g/mol. The van der Waals surface area contributed by atoms with E-state index in [1.54, 1.807) is 0 Å². The van der Waals surface area contributed by atoms with E-state index in [1.807, 2.05) is 11.3 Å². The molecule has 2 aliphatic carbocycles. The number of aromatic nitrogens is 3. The highest BCUT2D eigenvalue weighted by molar-refractivity contribution is 7.23. The average Bonchev–Trinajstić information content (AvgIpc) is 3.84. The van der Waals surface area contributed by atoms with Crippen molar-refractivity contribution in [2.45, 2.75) is 38.5 Å². The Morgan fingerprint density at radius 1 is 0.540 bits per heavy atom. The lowest BCUT2D eigenvalue weighted by Crippen LogP contribution is -2.15. The van der Waals surface area contributed by atoms with Gasteiger partial charge in [0.2, 0.25) is 5.95 Å². The SMILES string of the molecule is CC1(C)c2ccccc2-c2sc3c(ccc4c5c(n(-c6nc(-c7ccccc7)c7ccc8ccccc8c7n6)c43)-c3ccccc3C5(C)C)c21. The van der Waals surface area contributed by atoms with Crippen molar-refractivity contribution in [3.63, 3.8) is 0 Å². The predicted octanol–water partition coefficient (Wildman–Crippen LogP) is 12.2. The van der Waals surface area contributed by atoms with Crippen LogP contribution in [0.5, 0.6) is 0 Å². The fourth-order valence-corrected chi connectivity index (χ4v) is 10.9. The third-order valence-corrected chi connectivity index (χ3v) is 12.8. The number of thiophene rings is 1. The van der Waals surface area contributed by atoms with E-state index in [0.29, 0.717) is 5.95 Å². The fourth-order valence-electron chi connectivity index (χ4n) is 9.32. The van der Waals surface area contributed by atoms with Crippen LogP contribution in [0.25, 0.3) is 81.6 Å². The Hall–Kier alpha value is -5.58. The summed E-state index contributed by atoms with van der Waals surface area (Å²) >= 11 is 1.94. The van der Waals surface area contributed by atoms with Crippen molar-refractivity contribution in [1.29, 1.82) is 0 Å². The zero-order chi connectivity index (χ0) is 33.5. The Morgan fingerprint density at radius 3 is 2.00 bits per heavy atom. The molecule has 0 saturated heterocycles. The maximum absolute atomic E-state index is 5.57. The lowest BCUT2D eigenvalue weighted by Gasteiger charge is -2.22. The molecule has 50 heavy (non-hydrogen) atoms. The molecule has 6 aromatic carbocycles. The van der Waals surface area contributed by atoms with Crippen LogP contribution in [0.4, 0.5) is 0 Å². The largest absolute Gasteiger partial charge is 0.276 e. The lowest BCUT2D eigenvalue weighted by atomic mass is 9.80. The summed E-state index contributed by atoms with van der Waals surface area (Å²) in [5.41, 5.74) is 13.3. The summed E-state index contributed by atoms with van der Waals surface area (Å²) in [7, 11) is 0. The zero-order valence-corrected chi connectivity index (χ0v) is 29.2. The van der Waals surface area contributed by atoms with Crippen LogP contribution in [0.1, 0.15) is 49.9 Å². The van der Waals surface area contributed by atoms with E-state index in [9.17, 15) is 0 Å². The van der Waals surface area contributed by atoms with Gasteiger partial charge in [-0.2, -0.15) is 0 Å². The van der Waals surface area contributed by atoms with E-state index in [4.69, 9.17) is 9.97 Å². The van der Waals surface area contributed by atoms with Gasteiger partial charge in [-0.1, -0.05) is 149 Å². The summed E-state index contributed by atoms with van der Waals surface area (Å²) in [6.45, 7) is 9.53. The summed E-state index contributed by atoms with van der Waals surface area (Å²) < 4.78 is 3.74. The Labute approximate surface area is 294 Å². The second-order valence-electron chi connectivity index (χ2n) is 15.0. The van der Waals surface area contributed by atoms with Gasteiger partial charge in [0.15, 0.2) is 0 Å². The van der Waals surface area contributed by atoms with Crippen molar-refractivity contribution >= 4 is 54.0 Å². The first-order valence-corrected chi connectivity index (χ1v) is 18.3. The van der Waals surface area contributed by atoms with Crippen molar-refractivity contribution in [2.24, 2.45) is 0 Å². The third kappa shape index (κ3) is 3.44. The average molecular weight is 660 g/mol. The lowest BCUT2D eigenvalue weighted by molar-refractivity contribution is 0.666. The van der Waals surface area contributed by atoms with E-state index >= 15 is 0 Å². The molecule has 4 heteroatoms. The van der Waals surface area contributed by atoms with E-state index in [2.05, 4.69) is 160 Å². The topological polar surface area (TPSA) is 30.7 Å². The molecule has 9 aromatic rings. The minimum atomic E-state index is -0.194. The van der Waals surface area contributed by atoms with Crippen molar-refractivity contribution in [3.8, 4) is 38.9 Å². The summed E-state index contributed by atoms with van der Waals surface area (Å²) in [5, 5.41) is 5.99. The molecular weight excluding hydrogens is 627 g/mol.